The monoisotopic (exact) mass is 600 g/mol. The first kappa shape index (κ1) is 33.2. The van der Waals surface area contributed by atoms with E-state index in [1.165, 1.54) is 12.1 Å². The van der Waals surface area contributed by atoms with Crippen LogP contribution in [0, 0.1) is 10.1 Å². The average Bonchev–Trinajstić information content (AvgIpc) is 2.71. The molecule has 1 aliphatic heterocycles. The van der Waals surface area contributed by atoms with Gasteiger partial charge in [-0.2, -0.15) is 0 Å². The highest BCUT2D eigenvalue weighted by molar-refractivity contribution is 6.71. The van der Waals surface area contributed by atoms with Crippen molar-refractivity contribution in [1.82, 2.24) is 0 Å². The smallest absolute Gasteiger partial charge is 0.269 e. The molecule has 1 aliphatic rings. The second kappa shape index (κ2) is 12.6. The first-order valence-electron chi connectivity index (χ1n) is 13.2. The third-order valence-corrected chi connectivity index (χ3v) is 9.20. The molecule has 1 fully saturated rings. The van der Waals surface area contributed by atoms with E-state index in [0.717, 1.165) is 5.56 Å². The number of nitro groups is 1. The van der Waals surface area contributed by atoms with Gasteiger partial charge in [0.2, 0.25) is 0 Å². The number of nitrogens with zero attached hydrogens (tertiary/aromatic N) is 2. The van der Waals surface area contributed by atoms with Crippen LogP contribution >= 0.6 is 0 Å². The predicted molar refractivity (Wildman–Crippen MR) is 163 cm³/mol. The van der Waals surface area contributed by atoms with Gasteiger partial charge in [-0.1, -0.05) is 0 Å². The van der Waals surface area contributed by atoms with E-state index in [9.17, 15) is 10.1 Å². The molecule has 5 atom stereocenters. The van der Waals surface area contributed by atoms with E-state index >= 15 is 0 Å². The second-order valence-corrected chi connectivity index (χ2v) is 31.6. The Balaban J connectivity index is 2.55. The zero-order chi connectivity index (χ0) is 29.1. The van der Waals surface area contributed by atoms with Crippen molar-refractivity contribution in [3.8, 4) is 0 Å². The Labute approximate surface area is 232 Å². The summed E-state index contributed by atoms with van der Waals surface area (Å²) in [7, 11) is -7.92. The van der Waals surface area contributed by atoms with Crippen molar-refractivity contribution >= 4 is 45.2 Å². The average molecular weight is 601 g/mol. The highest BCUT2D eigenvalue weighted by Crippen LogP contribution is 2.34. The minimum absolute atomic E-state index is 0.0366. The fourth-order valence-corrected chi connectivity index (χ4v) is 7.87. The summed E-state index contributed by atoms with van der Waals surface area (Å²) in [5.41, 5.74) is 0.776. The second-order valence-electron chi connectivity index (χ2n) is 13.7. The van der Waals surface area contributed by atoms with E-state index in [0.29, 0.717) is 6.61 Å². The van der Waals surface area contributed by atoms with Crippen LogP contribution in [-0.4, -0.2) is 81.7 Å². The molecule has 0 N–H and O–H groups in total. The maximum absolute atomic E-state index is 11.1. The summed E-state index contributed by atoms with van der Waals surface area (Å²) in [5.74, 6) is 0. The zero-order valence-corrected chi connectivity index (χ0v) is 29.2. The third-order valence-electron chi connectivity index (χ3n) is 5.23. The summed E-state index contributed by atoms with van der Waals surface area (Å²) in [4.78, 5) is 15.5. The molecule has 216 valence electrons. The van der Waals surface area contributed by atoms with Crippen LogP contribution in [0.5, 0.6) is 0 Å². The van der Waals surface area contributed by atoms with Gasteiger partial charge in [-0.05, 0) is 96.3 Å². The van der Waals surface area contributed by atoms with E-state index in [1.807, 2.05) is 0 Å². The quantitative estimate of drug-likeness (QED) is 0.121. The molecule has 1 aromatic carbocycles. The molecule has 0 bridgehead atoms. The summed E-state index contributed by atoms with van der Waals surface area (Å²) < 4.78 is 33.3. The number of ether oxygens (including phenoxy) is 1. The molecule has 1 aromatic rings. The van der Waals surface area contributed by atoms with Crippen molar-refractivity contribution < 1.29 is 27.4 Å². The van der Waals surface area contributed by atoms with E-state index in [1.54, 1.807) is 18.3 Å². The Kier molecular flexibility index (Phi) is 11.0. The van der Waals surface area contributed by atoms with Crippen molar-refractivity contribution in [3.05, 3.63) is 39.9 Å². The van der Waals surface area contributed by atoms with Crippen LogP contribution in [0.2, 0.25) is 78.6 Å². The van der Waals surface area contributed by atoms with E-state index in [-0.39, 0.29) is 24.0 Å². The van der Waals surface area contributed by atoms with Crippen molar-refractivity contribution in [1.29, 1.82) is 0 Å². The molecular formula is C25H48N2O7Si4. The molecule has 0 spiro atoms. The SMILES string of the molecule is C[Si](C)(C)OC[C@@H]1O[C@H](/N=C/c2ccc([N+](=O)[O-])cc2)[C@@H](O[Si](C)(C)C)[C@H](O[Si](C)(C)C)[C@H]1O[Si](C)(C)C. The molecule has 0 saturated carbocycles. The number of nitro benzene ring substituents is 1. The number of non-ortho nitro benzene ring substituents is 1. The van der Waals surface area contributed by atoms with Crippen molar-refractivity contribution in [2.24, 2.45) is 4.99 Å². The standard InChI is InChI=1S/C25H48N2O7Si4/c1-35(2,3)30-18-21-22(32-36(4,5)6)23(33-37(7,8)9)24(34-38(10,11)12)25(31-21)26-17-19-13-15-20(16-14-19)27(28)29/h13-17,21-25H,18H2,1-12H3/b26-17+/t21-,22-,23+,24-,25-/m0/s1. The summed E-state index contributed by atoms with van der Waals surface area (Å²) in [6.45, 7) is 26.3. The topological polar surface area (TPSA) is 102 Å². The van der Waals surface area contributed by atoms with Gasteiger partial charge in [-0.3, -0.25) is 15.1 Å². The predicted octanol–water partition coefficient (Wildman–Crippen LogP) is 6.25. The molecule has 0 aliphatic carbocycles. The van der Waals surface area contributed by atoms with Gasteiger partial charge in [0.15, 0.2) is 39.5 Å². The molecule has 38 heavy (non-hydrogen) atoms. The number of hydrogen-bond donors (Lipinski definition) is 0. The first-order valence-corrected chi connectivity index (χ1v) is 26.9. The lowest BCUT2D eigenvalue weighted by molar-refractivity contribution is -0.384. The molecule has 0 unspecified atom stereocenters. The van der Waals surface area contributed by atoms with Gasteiger partial charge in [0.05, 0.1) is 11.5 Å². The molecule has 0 aromatic heterocycles. The summed E-state index contributed by atoms with van der Waals surface area (Å²) in [6, 6.07) is 6.30. The zero-order valence-electron chi connectivity index (χ0n) is 25.2. The van der Waals surface area contributed by atoms with Crippen LogP contribution in [-0.2, 0) is 22.4 Å². The van der Waals surface area contributed by atoms with Crippen molar-refractivity contribution in [3.63, 3.8) is 0 Å². The Morgan fingerprint density at radius 3 is 1.71 bits per heavy atom. The fourth-order valence-electron chi connectivity index (χ4n) is 3.95. The van der Waals surface area contributed by atoms with Gasteiger partial charge < -0.3 is 22.4 Å². The maximum Gasteiger partial charge on any atom is 0.269 e. The third kappa shape index (κ3) is 11.6. The molecule has 0 amide bonds. The molecular weight excluding hydrogens is 553 g/mol. The van der Waals surface area contributed by atoms with Crippen LogP contribution in [0.1, 0.15) is 5.56 Å². The Morgan fingerprint density at radius 1 is 0.789 bits per heavy atom. The van der Waals surface area contributed by atoms with E-state index in [4.69, 9.17) is 27.4 Å². The van der Waals surface area contributed by atoms with Crippen LogP contribution in [0.15, 0.2) is 29.3 Å². The molecule has 13 heteroatoms. The summed E-state index contributed by atoms with van der Waals surface area (Å²) in [5, 5.41) is 11.1. The molecule has 1 saturated heterocycles. The van der Waals surface area contributed by atoms with Crippen molar-refractivity contribution in [2.75, 3.05) is 6.61 Å². The lowest BCUT2D eigenvalue weighted by atomic mass is 9.98. The van der Waals surface area contributed by atoms with Crippen LogP contribution < -0.4 is 0 Å². The van der Waals surface area contributed by atoms with Gasteiger partial charge in [0.1, 0.15) is 24.4 Å². The lowest BCUT2D eigenvalue weighted by Gasteiger charge is -2.50. The Morgan fingerprint density at radius 2 is 1.26 bits per heavy atom. The molecule has 2 rings (SSSR count). The minimum Gasteiger partial charge on any atom is -0.415 e. The summed E-state index contributed by atoms with van der Waals surface area (Å²) >= 11 is 0. The number of benzene rings is 1. The van der Waals surface area contributed by atoms with E-state index < -0.39 is 50.5 Å². The van der Waals surface area contributed by atoms with E-state index in [2.05, 4.69) is 78.6 Å². The Hall–Kier alpha value is -1.04. The lowest BCUT2D eigenvalue weighted by Crippen LogP contribution is -2.65. The largest absolute Gasteiger partial charge is 0.415 e. The number of aliphatic imine (C=N–C) groups is 1. The molecule has 1 heterocycles. The number of hydrogen-bond acceptors (Lipinski definition) is 8. The van der Waals surface area contributed by atoms with Gasteiger partial charge in [-0.25, -0.2) is 0 Å². The van der Waals surface area contributed by atoms with Crippen molar-refractivity contribution in [2.45, 2.75) is 109 Å². The maximum atomic E-state index is 11.1. The van der Waals surface area contributed by atoms with Gasteiger partial charge in [0.25, 0.3) is 5.69 Å². The van der Waals surface area contributed by atoms with Gasteiger partial charge in [-0.15, -0.1) is 0 Å². The van der Waals surface area contributed by atoms with Gasteiger partial charge >= 0.3 is 0 Å². The normalized spacial score (nSPS) is 25.6. The highest BCUT2D eigenvalue weighted by Gasteiger charge is 2.51. The van der Waals surface area contributed by atoms with Gasteiger partial charge in [0, 0.05) is 18.3 Å². The highest BCUT2D eigenvalue weighted by atomic mass is 28.4. The number of rotatable bonds is 12. The fraction of sp³-hybridized carbons (Fsp3) is 0.720. The van der Waals surface area contributed by atoms with Crippen LogP contribution in [0.4, 0.5) is 5.69 Å². The molecule has 0 radical (unpaired) electrons. The van der Waals surface area contributed by atoms with Crippen LogP contribution in [0.3, 0.4) is 0 Å². The van der Waals surface area contributed by atoms with Crippen LogP contribution in [0.25, 0.3) is 0 Å². The Bertz CT molecular complexity index is 951. The summed E-state index contributed by atoms with van der Waals surface area (Å²) in [6.07, 6.45) is -0.520. The molecule has 9 nitrogen and oxygen atoms in total. The minimum atomic E-state index is -2.05. The first-order chi connectivity index (χ1) is 17.1.